The van der Waals surface area contributed by atoms with E-state index in [0.717, 1.165) is 12.8 Å². The third-order valence-electron chi connectivity index (χ3n) is 4.92. The van der Waals surface area contributed by atoms with Gasteiger partial charge in [-0.25, -0.2) is 22.8 Å². The number of halogens is 1. The molecule has 0 aliphatic carbocycles. The van der Waals surface area contributed by atoms with Crippen molar-refractivity contribution in [3.63, 3.8) is 0 Å². The molecule has 3 saturated heterocycles. The lowest BCUT2D eigenvalue weighted by Gasteiger charge is -2.34. The molecule has 3 aliphatic heterocycles. The van der Waals surface area contributed by atoms with Crippen LogP contribution >= 0.6 is 0 Å². The second kappa shape index (κ2) is 6.34. The first kappa shape index (κ1) is 16.4. The molecule has 0 radical (unpaired) electrons. The lowest BCUT2D eigenvalue weighted by molar-refractivity contribution is 0.230. The zero-order valence-electron chi connectivity index (χ0n) is 13.6. The summed E-state index contributed by atoms with van der Waals surface area (Å²) in [6, 6.07) is 7.12. The summed E-state index contributed by atoms with van der Waals surface area (Å²) in [6.07, 6.45) is 5.09. The molecule has 1 aromatic carbocycles. The Morgan fingerprint density at radius 1 is 1.00 bits per heavy atom. The van der Waals surface area contributed by atoms with Crippen molar-refractivity contribution in [3.8, 4) is 0 Å². The Hall–Kier alpha value is -2.06. The number of piperidine rings is 1. The molecule has 0 saturated carbocycles. The SMILES string of the molecule is O=S(=O)(c1ccccc1F)N1C[C@H]2CC[C@@H]1CN(c1ncccn1)C2. The Kier molecular flexibility index (Phi) is 4.16. The Labute approximate surface area is 146 Å². The summed E-state index contributed by atoms with van der Waals surface area (Å²) in [4.78, 5) is 10.4. The van der Waals surface area contributed by atoms with Crippen LogP contribution in [0.1, 0.15) is 12.8 Å². The molecule has 2 aromatic rings. The molecule has 0 amide bonds. The fourth-order valence-corrected chi connectivity index (χ4v) is 5.52. The van der Waals surface area contributed by atoms with Crippen molar-refractivity contribution >= 4 is 16.0 Å². The molecule has 2 atom stereocenters. The van der Waals surface area contributed by atoms with E-state index in [-0.39, 0.29) is 16.9 Å². The highest BCUT2D eigenvalue weighted by Crippen LogP contribution is 2.33. The Morgan fingerprint density at radius 2 is 1.76 bits per heavy atom. The number of anilines is 1. The summed E-state index contributed by atoms with van der Waals surface area (Å²) in [5.74, 6) is 0.0968. The van der Waals surface area contributed by atoms with Gasteiger partial charge in [-0.2, -0.15) is 4.31 Å². The van der Waals surface area contributed by atoms with E-state index in [4.69, 9.17) is 0 Å². The molecule has 0 unspecified atom stereocenters. The maximum Gasteiger partial charge on any atom is 0.246 e. The molecule has 3 fully saturated rings. The predicted molar refractivity (Wildman–Crippen MR) is 91.0 cm³/mol. The van der Waals surface area contributed by atoms with E-state index in [9.17, 15) is 12.8 Å². The van der Waals surface area contributed by atoms with Crippen LogP contribution in [0.3, 0.4) is 0 Å². The quantitative estimate of drug-likeness (QED) is 0.834. The summed E-state index contributed by atoms with van der Waals surface area (Å²) in [5, 5.41) is 0. The highest BCUT2D eigenvalue weighted by molar-refractivity contribution is 7.89. The van der Waals surface area contributed by atoms with Crippen LogP contribution in [-0.4, -0.2) is 48.4 Å². The third-order valence-corrected chi connectivity index (χ3v) is 6.87. The van der Waals surface area contributed by atoms with Crippen molar-refractivity contribution in [1.82, 2.24) is 14.3 Å². The fourth-order valence-electron chi connectivity index (χ4n) is 3.73. The number of sulfonamides is 1. The Bertz CT molecular complexity index is 862. The zero-order valence-corrected chi connectivity index (χ0v) is 14.4. The molecule has 0 spiro atoms. The highest BCUT2D eigenvalue weighted by atomic mass is 32.2. The average molecular weight is 362 g/mol. The maximum absolute atomic E-state index is 14.1. The highest BCUT2D eigenvalue weighted by Gasteiger charge is 2.42. The number of hydrogen-bond donors (Lipinski definition) is 0. The molecule has 6 nitrogen and oxygen atoms in total. The molecule has 25 heavy (non-hydrogen) atoms. The van der Waals surface area contributed by atoms with Crippen LogP contribution in [0.15, 0.2) is 47.6 Å². The van der Waals surface area contributed by atoms with Gasteiger partial charge >= 0.3 is 0 Å². The zero-order chi connectivity index (χ0) is 17.4. The van der Waals surface area contributed by atoms with Gasteiger partial charge in [0.1, 0.15) is 10.7 Å². The largest absolute Gasteiger partial charge is 0.339 e. The van der Waals surface area contributed by atoms with Crippen molar-refractivity contribution in [2.45, 2.75) is 23.8 Å². The third kappa shape index (κ3) is 3.00. The molecule has 1 aromatic heterocycles. The van der Waals surface area contributed by atoms with Gasteiger partial charge in [0.2, 0.25) is 16.0 Å². The maximum atomic E-state index is 14.1. The molecule has 8 heteroatoms. The van der Waals surface area contributed by atoms with Crippen LogP contribution < -0.4 is 4.90 Å². The van der Waals surface area contributed by atoms with E-state index in [1.165, 1.54) is 22.5 Å². The summed E-state index contributed by atoms with van der Waals surface area (Å²) in [6.45, 7) is 1.64. The molecular formula is C17H19FN4O2S. The van der Waals surface area contributed by atoms with Crippen molar-refractivity contribution in [1.29, 1.82) is 0 Å². The van der Waals surface area contributed by atoms with Gasteiger partial charge in [-0.05, 0) is 37.0 Å². The van der Waals surface area contributed by atoms with Gasteiger partial charge in [0, 0.05) is 38.1 Å². The van der Waals surface area contributed by atoms with Crippen LogP contribution in [0, 0.1) is 11.7 Å². The smallest absolute Gasteiger partial charge is 0.246 e. The summed E-state index contributed by atoms with van der Waals surface area (Å²) in [5.41, 5.74) is 0. The van der Waals surface area contributed by atoms with Gasteiger partial charge in [0.25, 0.3) is 0 Å². The first-order valence-electron chi connectivity index (χ1n) is 8.34. The second-order valence-corrected chi connectivity index (χ2v) is 8.42. The van der Waals surface area contributed by atoms with E-state index in [1.807, 2.05) is 4.90 Å². The molecule has 4 heterocycles. The molecule has 132 valence electrons. The van der Waals surface area contributed by atoms with Gasteiger partial charge < -0.3 is 4.90 Å². The van der Waals surface area contributed by atoms with E-state index in [0.29, 0.717) is 25.6 Å². The van der Waals surface area contributed by atoms with Crippen molar-refractivity contribution in [2.75, 3.05) is 24.5 Å². The molecule has 0 N–H and O–H groups in total. The monoisotopic (exact) mass is 362 g/mol. The number of nitrogens with zero attached hydrogens (tertiary/aromatic N) is 4. The standard InChI is InChI=1S/C17H19FN4O2S/c18-15-4-1-2-5-16(15)25(23,24)22-11-13-6-7-14(22)12-21(10-13)17-19-8-3-9-20-17/h1-5,8-9,13-14H,6-7,10-12H2/t13-,14+/m0/s1. The van der Waals surface area contributed by atoms with Gasteiger partial charge in [0.15, 0.2) is 0 Å². The van der Waals surface area contributed by atoms with Crippen molar-refractivity contribution in [2.24, 2.45) is 5.92 Å². The Balaban J connectivity index is 1.66. The van der Waals surface area contributed by atoms with Crippen LogP contribution in [0.5, 0.6) is 0 Å². The minimum Gasteiger partial charge on any atom is -0.339 e. The number of rotatable bonds is 3. The molecule has 3 aliphatic rings. The Morgan fingerprint density at radius 3 is 2.52 bits per heavy atom. The average Bonchev–Trinajstić information content (AvgIpc) is 2.95. The molecule has 2 bridgehead atoms. The van der Waals surface area contributed by atoms with E-state index in [1.54, 1.807) is 24.5 Å². The normalized spacial score (nSPS) is 24.3. The summed E-state index contributed by atoms with van der Waals surface area (Å²) in [7, 11) is -3.86. The lowest BCUT2D eigenvalue weighted by atomic mass is 9.97. The first-order valence-corrected chi connectivity index (χ1v) is 9.78. The summed E-state index contributed by atoms with van der Waals surface area (Å²) < 4.78 is 41.6. The number of benzene rings is 1. The van der Waals surface area contributed by atoms with Crippen molar-refractivity contribution < 1.29 is 12.8 Å². The molecule has 5 rings (SSSR count). The predicted octanol–water partition coefficient (Wildman–Crippen LogP) is 1.91. The van der Waals surface area contributed by atoms with Crippen LogP contribution in [0.4, 0.5) is 10.3 Å². The van der Waals surface area contributed by atoms with E-state index in [2.05, 4.69) is 9.97 Å². The number of aromatic nitrogens is 2. The fraction of sp³-hybridized carbons (Fsp3) is 0.412. The van der Waals surface area contributed by atoms with Crippen LogP contribution in [0.25, 0.3) is 0 Å². The second-order valence-electron chi connectivity index (χ2n) is 6.56. The number of fused-ring (bicyclic) bond motifs is 4. The van der Waals surface area contributed by atoms with E-state index < -0.39 is 15.8 Å². The number of hydrogen-bond acceptors (Lipinski definition) is 5. The van der Waals surface area contributed by atoms with Crippen molar-refractivity contribution in [3.05, 3.63) is 48.5 Å². The molecular weight excluding hydrogens is 343 g/mol. The minimum absolute atomic E-state index is 0.184. The minimum atomic E-state index is -3.86. The van der Waals surface area contributed by atoms with Gasteiger partial charge in [0.05, 0.1) is 0 Å². The van der Waals surface area contributed by atoms with Crippen LogP contribution in [-0.2, 0) is 10.0 Å². The van der Waals surface area contributed by atoms with Gasteiger partial charge in [-0.3, -0.25) is 0 Å². The lowest BCUT2D eigenvalue weighted by Crippen LogP contribution is -2.47. The van der Waals surface area contributed by atoms with Crippen LogP contribution in [0.2, 0.25) is 0 Å². The first-order chi connectivity index (χ1) is 12.1. The van der Waals surface area contributed by atoms with E-state index >= 15 is 0 Å². The topological polar surface area (TPSA) is 66.4 Å². The van der Waals surface area contributed by atoms with Gasteiger partial charge in [-0.15, -0.1) is 0 Å². The summed E-state index contributed by atoms with van der Waals surface area (Å²) >= 11 is 0. The van der Waals surface area contributed by atoms with Gasteiger partial charge in [-0.1, -0.05) is 12.1 Å².